The molecule has 0 aliphatic rings. The predicted octanol–water partition coefficient (Wildman–Crippen LogP) is 4.18. The average molecular weight is 398 g/mol. The van der Waals surface area contributed by atoms with E-state index < -0.39 is 0 Å². The van der Waals surface area contributed by atoms with E-state index in [0.29, 0.717) is 23.0 Å². The van der Waals surface area contributed by atoms with Crippen LogP contribution >= 0.6 is 27.5 Å². The Bertz CT molecular complexity index is 694. The van der Waals surface area contributed by atoms with Gasteiger partial charge in [0.1, 0.15) is 5.75 Å². The zero-order valence-electron chi connectivity index (χ0n) is 13.0. The van der Waals surface area contributed by atoms with Crippen LogP contribution in [0.1, 0.15) is 5.56 Å². The van der Waals surface area contributed by atoms with Gasteiger partial charge in [0.15, 0.2) is 0 Å². The van der Waals surface area contributed by atoms with Gasteiger partial charge in [0.25, 0.3) is 0 Å². The summed E-state index contributed by atoms with van der Waals surface area (Å²) in [6, 6.07) is 13.1. The van der Waals surface area contributed by atoms with Crippen molar-refractivity contribution in [2.24, 2.45) is 0 Å². The fraction of sp³-hybridized carbons (Fsp3) is 0.235. The summed E-state index contributed by atoms with van der Waals surface area (Å²) >= 11 is 9.48. The Morgan fingerprint density at radius 1 is 1.30 bits per heavy atom. The molecule has 23 heavy (non-hydrogen) atoms. The van der Waals surface area contributed by atoms with Crippen molar-refractivity contribution in [3.8, 4) is 5.75 Å². The number of nitrogens with zero attached hydrogens (tertiary/aromatic N) is 1. The minimum atomic E-state index is -0.125. The molecule has 0 spiro atoms. The summed E-state index contributed by atoms with van der Waals surface area (Å²) in [5.41, 5.74) is 1.70. The minimum Gasteiger partial charge on any atom is -0.495 e. The Hall–Kier alpha value is -1.56. The fourth-order valence-electron chi connectivity index (χ4n) is 2.19. The molecule has 0 atom stereocenters. The number of amides is 1. The Morgan fingerprint density at radius 3 is 2.74 bits per heavy atom. The average Bonchev–Trinajstić information content (AvgIpc) is 2.49. The second-order valence-electron chi connectivity index (χ2n) is 5.16. The summed E-state index contributed by atoms with van der Waals surface area (Å²) in [7, 11) is 3.45. The monoisotopic (exact) mass is 396 g/mol. The molecule has 6 heteroatoms. The molecule has 0 aliphatic heterocycles. The number of halogens is 2. The molecule has 0 fully saturated rings. The van der Waals surface area contributed by atoms with Gasteiger partial charge < -0.3 is 10.1 Å². The van der Waals surface area contributed by atoms with Gasteiger partial charge in [-0.1, -0.05) is 45.7 Å². The van der Waals surface area contributed by atoms with E-state index in [1.54, 1.807) is 25.3 Å². The van der Waals surface area contributed by atoms with Gasteiger partial charge in [0.05, 0.1) is 19.3 Å². The molecule has 122 valence electrons. The minimum absolute atomic E-state index is 0.125. The number of rotatable bonds is 6. The van der Waals surface area contributed by atoms with E-state index in [4.69, 9.17) is 16.3 Å². The molecule has 0 saturated heterocycles. The van der Waals surface area contributed by atoms with E-state index in [1.165, 1.54) is 0 Å². The van der Waals surface area contributed by atoms with Gasteiger partial charge in [-0.2, -0.15) is 0 Å². The summed E-state index contributed by atoms with van der Waals surface area (Å²) in [5, 5.41) is 3.38. The topological polar surface area (TPSA) is 41.6 Å². The highest BCUT2D eigenvalue weighted by Crippen LogP contribution is 2.27. The molecule has 2 aromatic carbocycles. The third-order valence-electron chi connectivity index (χ3n) is 3.25. The van der Waals surface area contributed by atoms with Crippen LogP contribution in [0.3, 0.4) is 0 Å². The van der Waals surface area contributed by atoms with Crippen molar-refractivity contribution >= 4 is 39.1 Å². The van der Waals surface area contributed by atoms with Crippen molar-refractivity contribution in [2.45, 2.75) is 6.54 Å². The van der Waals surface area contributed by atoms with Gasteiger partial charge in [0.2, 0.25) is 5.91 Å². The maximum atomic E-state index is 12.2. The normalized spacial score (nSPS) is 10.7. The third-order valence-corrected chi connectivity index (χ3v) is 4.26. The van der Waals surface area contributed by atoms with Crippen LogP contribution in [-0.2, 0) is 11.3 Å². The Balaban J connectivity index is 1.97. The van der Waals surface area contributed by atoms with Crippen molar-refractivity contribution in [3.05, 3.63) is 57.5 Å². The molecular formula is C17H18BrClN2O2. The number of anilines is 1. The molecule has 0 aliphatic carbocycles. The maximum Gasteiger partial charge on any atom is 0.238 e. The van der Waals surface area contributed by atoms with E-state index in [-0.39, 0.29) is 12.5 Å². The smallest absolute Gasteiger partial charge is 0.238 e. The van der Waals surface area contributed by atoms with Crippen molar-refractivity contribution in [2.75, 3.05) is 26.0 Å². The van der Waals surface area contributed by atoms with E-state index >= 15 is 0 Å². The summed E-state index contributed by atoms with van der Waals surface area (Å²) < 4.78 is 6.26. The highest BCUT2D eigenvalue weighted by molar-refractivity contribution is 9.10. The van der Waals surface area contributed by atoms with E-state index in [9.17, 15) is 4.79 Å². The number of benzene rings is 2. The Kier molecular flexibility index (Phi) is 6.45. The molecular weight excluding hydrogens is 380 g/mol. The van der Waals surface area contributed by atoms with Gasteiger partial charge in [-0.25, -0.2) is 0 Å². The standard InChI is InChI=1S/C17H18BrClN2O2/c1-21(10-12-5-3-4-6-14(12)18)11-17(22)20-15-9-13(19)7-8-16(15)23-2/h3-9H,10-11H2,1-2H3,(H,20,22). The summed E-state index contributed by atoms with van der Waals surface area (Å²) in [6.45, 7) is 0.929. The van der Waals surface area contributed by atoms with Crippen LogP contribution in [0.25, 0.3) is 0 Å². The number of carbonyl (C=O) groups is 1. The Morgan fingerprint density at radius 2 is 2.04 bits per heavy atom. The van der Waals surface area contributed by atoms with Crippen LogP contribution < -0.4 is 10.1 Å². The molecule has 0 aromatic heterocycles. The van der Waals surface area contributed by atoms with E-state index in [2.05, 4.69) is 21.2 Å². The largest absolute Gasteiger partial charge is 0.495 e. The van der Waals surface area contributed by atoms with Crippen LogP contribution in [0.5, 0.6) is 5.75 Å². The van der Waals surface area contributed by atoms with Gasteiger partial charge in [-0.05, 0) is 36.9 Å². The zero-order valence-corrected chi connectivity index (χ0v) is 15.3. The highest BCUT2D eigenvalue weighted by Gasteiger charge is 2.11. The first-order valence-corrected chi connectivity index (χ1v) is 8.22. The van der Waals surface area contributed by atoms with E-state index in [0.717, 1.165) is 10.0 Å². The highest BCUT2D eigenvalue weighted by atomic mass is 79.9. The molecule has 2 aromatic rings. The van der Waals surface area contributed by atoms with Crippen LogP contribution in [0, 0.1) is 0 Å². The lowest BCUT2D eigenvalue weighted by Crippen LogP contribution is -2.30. The molecule has 1 N–H and O–H groups in total. The van der Waals surface area contributed by atoms with Gasteiger partial charge in [-0.15, -0.1) is 0 Å². The fourth-order valence-corrected chi connectivity index (χ4v) is 2.77. The van der Waals surface area contributed by atoms with Crippen LogP contribution in [-0.4, -0.2) is 31.5 Å². The molecule has 0 heterocycles. The Labute approximate surface area is 149 Å². The summed E-state index contributed by atoms with van der Waals surface area (Å²) in [6.07, 6.45) is 0. The first kappa shape index (κ1) is 17.8. The first-order valence-electron chi connectivity index (χ1n) is 7.05. The number of likely N-dealkylation sites (N-methyl/N-ethyl adjacent to an activating group) is 1. The molecule has 0 saturated carbocycles. The number of hydrogen-bond donors (Lipinski definition) is 1. The number of nitrogens with one attached hydrogen (secondary N) is 1. The predicted molar refractivity (Wildman–Crippen MR) is 97.1 cm³/mol. The van der Waals surface area contributed by atoms with Crippen LogP contribution in [0.15, 0.2) is 46.9 Å². The van der Waals surface area contributed by atoms with Gasteiger partial charge in [0, 0.05) is 16.0 Å². The van der Waals surface area contributed by atoms with E-state index in [1.807, 2.05) is 36.2 Å². The first-order chi connectivity index (χ1) is 11.0. The molecule has 2 rings (SSSR count). The van der Waals surface area contributed by atoms with Crippen LogP contribution in [0.4, 0.5) is 5.69 Å². The molecule has 1 amide bonds. The molecule has 4 nitrogen and oxygen atoms in total. The lowest BCUT2D eigenvalue weighted by molar-refractivity contribution is -0.117. The van der Waals surface area contributed by atoms with Crippen molar-refractivity contribution in [1.29, 1.82) is 0 Å². The van der Waals surface area contributed by atoms with Crippen LogP contribution in [0.2, 0.25) is 5.02 Å². The molecule has 0 unspecified atom stereocenters. The van der Waals surface area contributed by atoms with Crippen molar-refractivity contribution < 1.29 is 9.53 Å². The SMILES string of the molecule is COc1ccc(Cl)cc1NC(=O)CN(C)Cc1ccccc1Br. The van der Waals surface area contributed by atoms with Gasteiger partial charge >= 0.3 is 0 Å². The van der Waals surface area contributed by atoms with Gasteiger partial charge in [-0.3, -0.25) is 9.69 Å². The third kappa shape index (κ3) is 5.23. The number of hydrogen-bond acceptors (Lipinski definition) is 3. The number of ether oxygens (including phenoxy) is 1. The second-order valence-corrected chi connectivity index (χ2v) is 6.45. The summed E-state index contributed by atoms with van der Waals surface area (Å²) in [4.78, 5) is 14.2. The van der Waals surface area contributed by atoms with Crippen molar-refractivity contribution in [1.82, 2.24) is 4.90 Å². The quantitative estimate of drug-likeness (QED) is 0.795. The molecule has 0 bridgehead atoms. The lowest BCUT2D eigenvalue weighted by Gasteiger charge is -2.18. The van der Waals surface area contributed by atoms with Crippen molar-refractivity contribution in [3.63, 3.8) is 0 Å². The maximum absolute atomic E-state index is 12.2. The molecule has 0 radical (unpaired) electrons. The lowest BCUT2D eigenvalue weighted by atomic mass is 10.2. The number of methoxy groups -OCH3 is 1. The summed E-state index contributed by atoms with van der Waals surface area (Å²) in [5.74, 6) is 0.455. The second kappa shape index (κ2) is 8.34. The zero-order chi connectivity index (χ0) is 16.8. The number of carbonyl (C=O) groups excluding carboxylic acids is 1.